The summed E-state index contributed by atoms with van der Waals surface area (Å²) in [6.45, 7) is 6.35. The van der Waals surface area contributed by atoms with Crippen LogP contribution in [0.3, 0.4) is 0 Å². The Morgan fingerprint density at radius 3 is 2.33 bits per heavy atom. The van der Waals surface area contributed by atoms with Crippen molar-refractivity contribution in [3.63, 3.8) is 0 Å². The quantitative estimate of drug-likeness (QED) is 0.479. The first kappa shape index (κ1) is 11.7. The number of allylic oxidation sites excluding steroid dienone is 1. The van der Waals surface area contributed by atoms with Gasteiger partial charge in [-0.3, -0.25) is 0 Å². The summed E-state index contributed by atoms with van der Waals surface area (Å²) in [6.07, 6.45) is 10.6. The highest BCUT2D eigenvalue weighted by atomic mass is 14.7. The van der Waals surface area contributed by atoms with Gasteiger partial charge in [0.2, 0.25) is 0 Å². The SMILES string of the molecule is CCCCC/C=C/CC(C)(C)N. The van der Waals surface area contributed by atoms with E-state index < -0.39 is 0 Å². The Hall–Kier alpha value is -0.300. The molecule has 0 saturated heterocycles. The normalized spacial score (nSPS) is 12.7. The highest BCUT2D eigenvalue weighted by Crippen LogP contribution is 2.06. The summed E-state index contributed by atoms with van der Waals surface area (Å²) in [6, 6.07) is 0. The molecule has 0 aliphatic rings. The lowest BCUT2D eigenvalue weighted by Gasteiger charge is -2.14. The lowest BCUT2D eigenvalue weighted by Crippen LogP contribution is -2.30. The van der Waals surface area contributed by atoms with Crippen LogP contribution < -0.4 is 5.73 Å². The van der Waals surface area contributed by atoms with Crippen LogP contribution in [0.2, 0.25) is 0 Å². The van der Waals surface area contributed by atoms with Crippen molar-refractivity contribution in [2.75, 3.05) is 0 Å². The van der Waals surface area contributed by atoms with Crippen LogP contribution in [0.5, 0.6) is 0 Å². The van der Waals surface area contributed by atoms with E-state index in [9.17, 15) is 0 Å². The van der Waals surface area contributed by atoms with E-state index in [0.717, 1.165) is 6.42 Å². The van der Waals surface area contributed by atoms with Crippen LogP contribution in [0.1, 0.15) is 52.9 Å². The van der Waals surface area contributed by atoms with Gasteiger partial charge in [-0.15, -0.1) is 0 Å². The van der Waals surface area contributed by atoms with Crippen LogP contribution in [0.4, 0.5) is 0 Å². The predicted octanol–water partition coefficient (Wildman–Crippen LogP) is 3.25. The third kappa shape index (κ3) is 9.70. The molecule has 0 atom stereocenters. The van der Waals surface area contributed by atoms with Crippen LogP contribution in [0.15, 0.2) is 12.2 Å². The fraction of sp³-hybridized carbons (Fsp3) is 0.818. The Balaban J connectivity index is 3.26. The number of rotatable bonds is 6. The molecule has 0 bridgehead atoms. The van der Waals surface area contributed by atoms with Crippen LogP contribution in [-0.4, -0.2) is 5.54 Å². The van der Waals surface area contributed by atoms with Gasteiger partial charge in [-0.25, -0.2) is 0 Å². The summed E-state index contributed by atoms with van der Waals surface area (Å²) >= 11 is 0. The second-order valence-electron chi connectivity index (χ2n) is 4.16. The molecule has 0 spiro atoms. The molecule has 0 saturated carbocycles. The van der Waals surface area contributed by atoms with Gasteiger partial charge in [-0.2, -0.15) is 0 Å². The fourth-order valence-electron chi connectivity index (χ4n) is 1.02. The van der Waals surface area contributed by atoms with E-state index >= 15 is 0 Å². The van der Waals surface area contributed by atoms with E-state index in [1.165, 1.54) is 25.7 Å². The van der Waals surface area contributed by atoms with E-state index in [4.69, 9.17) is 5.73 Å². The number of nitrogens with two attached hydrogens (primary N) is 1. The molecule has 1 heteroatoms. The molecule has 0 unspecified atom stereocenters. The van der Waals surface area contributed by atoms with Crippen molar-refractivity contribution < 1.29 is 0 Å². The lowest BCUT2D eigenvalue weighted by atomic mass is 10.0. The Morgan fingerprint density at radius 1 is 1.17 bits per heavy atom. The number of hydrogen-bond acceptors (Lipinski definition) is 1. The molecule has 0 fully saturated rings. The minimum atomic E-state index is -0.0404. The molecule has 0 aromatic carbocycles. The summed E-state index contributed by atoms with van der Waals surface area (Å²) < 4.78 is 0. The molecule has 2 N–H and O–H groups in total. The lowest BCUT2D eigenvalue weighted by molar-refractivity contribution is 0.526. The van der Waals surface area contributed by atoms with Crippen molar-refractivity contribution in [3.8, 4) is 0 Å². The third-order valence-electron chi connectivity index (χ3n) is 1.78. The number of unbranched alkanes of at least 4 members (excludes halogenated alkanes) is 3. The molecule has 1 nitrogen and oxygen atoms in total. The summed E-state index contributed by atoms with van der Waals surface area (Å²) in [4.78, 5) is 0. The Morgan fingerprint density at radius 2 is 1.83 bits per heavy atom. The van der Waals surface area contributed by atoms with Crippen LogP contribution in [0, 0.1) is 0 Å². The van der Waals surface area contributed by atoms with E-state index in [1.807, 2.05) is 0 Å². The van der Waals surface area contributed by atoms with Gasteiger partial charge in [0.15, 0.2) is 0 Å². The monoisotopic (exact) mass is 169 g/mol. The fourth-order valence-corrected chi connectivity index (χ4v) is 1.02. The Kier molecular flexibility index (Phi) is 6.09. The predicted molar refractivity (Wildman–Crippen MR) is 56.2 cm³/mol. The summed E-state index contributed by atoms with van der Waals surface area (Å²) in [7, 11) is 0. The van der Waals surface area contributed by atoms with Gasteiger partial charge in [0.1, 0.15) is 0 Å². The first-order chi connectivity index (χ1) is 5.56. The summed E-state index contributed by atoms with van der Waals surface area (Å²) in [5.74, 6) is 0. The van der Waals surface area contributed by atoms with Gasteiger partial charge in [0, 0.05) is 5.54 Å². The van der Waals surface area contributed by atoms with E-state index in [0.29, 0.717) is 0 Å². The Bertz CT molecular complexity index is 119. The molecular formula is C11H23N. The maximum atomic E-state index is 5.83. The molecular weight excluding hydrogens is 146 g/mol. The molecule has 12 heavy (non-hydrogen) atoms. The van der Waals surface area contributed by atoms with Gasteiger partial charge >= 0.3 is 0 Å². The maximum Gasteiger partial charge on any atom is 0.0132 e. The summed E-state index contributed by atoms with van der Waals surface area (Å²) in [5.41, 5.74) is 5.78. The highest BCUT2D eigenvalue weighted by molar-refractivity contribution is 4.89. The minimum absolute atomic E-state index is 0.0404. The standard InChI is InChI=1S/C11H23N/c1-4-5-6-7-8-9-10-11(2,3)12/h8-9H,4-7,10,12H2,1-3H3/b9-8+. The topological polar surface area (TPSA) is 26.0 Å². The smallest absolute Gasteiger partial charge is 0.0132 e. The van der Waals surface area contributed by atoms with Crippen molar-refractivity contribution in [1.29, 1.82) is 0 Å². The molecule has 0 amide bonds. The first-order valence-electron chi connectivity index (χ1n) is 5.00. The zero-order valence-corrected chi connectivity index (χ0v) is 8.77. The van der Waals surface area contributed by atoms with Gasteiger partial charge in [0.05, 0.1) is 0 Å². The van der Waals surface area contributed by atoms with E-state index in [1.54, 1.807) is 0 Å². The zero-order chi connectivity index (χ0) is 9.45. The van der Waals surface area contributed by atoms with Gasteiger partial charge in [-0.05, 0) is 33.1 Å². The number of hydrogen-bond donors (Lipinski definition) is 1. The van der Waals surface area contributed by atoms with E-state index in [2.05, 4.69) is 32.9 Å². The maximum absolute atomic E-state index is 5.83. The molecule has 0 aromatic rings. The largest absolute Gasteiger partial charge is 0.325 e. The highest BCUT2D eigenvalue weighted by Gasteiger charge is 2.05. The van der Waals surface area contributed by atoms with Gasteiger partial charge in [-0.1, -0.05) is 31.9 Å². The molecule has 0 aromatic heterocycles. The van der Waals surface area contributed by atoms with Crippen LogP contribution in [-0.2, 0) is 0 Å². The van der Waals surface area contributed by atoms with Crippen LogP contribution in [0.25, 0.3) is 0 Å². The zero-order valence-electron chi connectivity index (χ0n) is 8.77. The summed E-state index contributed by atoms with van der Waals surface area (Å²) in [5, 5.41) is 0. The minimum Gasteiger partial charge on any atom is -0.325 e. The third-order valence-corrected chi connectivity index (χ3v) is 1.78. The second kappa shape index (κ2) is 6.24. The van der Waals surface area contributed by atoms with E-state index in [-0.39, 0.29) is 5.54 Å². The van der Waals surface area contributed by atoms with Crippen molar-refractivity contribution in [3.05, 3.63) is 12.2 Å². The molecule has 0 rings (SSSR count). The Labute approximate surface area is 77.0 Å². The molecule has 0 aliphatic heterocycles. The molecule has 72 valence electrons. The van der Waals surface area contributed by atoms with Crippen molar-refractivity contribution in [2.24, 2.45) is 5.73 Å². The van der Waals surface area contributed by atoms with Gasteiger partial charge < -0.3 is 5.73 Å². The molecule has 0 radical (unpaired) electrons. The molecule has 0 heterocycles. The molecule has 0 aliphatic carbocycles. The second-order valence-corrected chi connectivity index (χ2v) is 4.16. The van der Waals surface area contributed by atoms with Gasteiger partial charge in [0.25, 0.3) is 0 Å². The van der Waals surface area contributed by atoms with Crippen molar-refractivity contribution in [1.82, 2.24) is 0 Å². The van der Waals surface area contributed by atoms with Crippen LogP contribution >= 0.6 is 0 Å². The average molecular weight is 169 g/mol. The average Bonchev–Trinajstić information content (AvgIpc) is 1.94. The van der Waals surface area contributed by atoms with Crippen molar-refractivity contribution in [2.45, 2.75) is 58.4 Å². The van der Waals surface area contributed by atoms with Crippen molar-refractivity contribution >= 4 is 0 Å². The first-order valence-corrected chi connectivity index (χ1v) is 5.00.